The molecular weight excluding hydrogens is 1510 g/mol. The van der Waals surface area contributed by atoms with Gasteiger partial charge in [0.2, 0.25) is 0 Å². The molecule has 0 aromatic carbocycles. The number of hydrogen-bond acceptors (Lipinski definition) is 18. The molecule has 3 unspecified atom stereocenters. The summed E-state index contributed by atoms with van der Waals surface area (Å²) in [5, 5.41) is 92.8. The maximum absolute atomic E-state index is 13.3. The molecule has 0 spiro atoms. The van der Waals surface area contributed by atoms with Crippen molar-refractivity contribution >= 4 is 7.82 Å². The van der Waals surface area contributed by atoms with Gasteiger partial charge in [-0.1, -0.05) is 368 Å². The predicted molar refractivity (Wildman–Crippen MR) is 481 cm³/mol. The Labute approximate surface area is 724 Å². The third-order valence-electron chi connectivity index (χ3n) is 28.1. The maximum atomic E-state index is 13.3. The van der Waals surface area contributed by atoms with Crippen LogP contribution in [0.15, 0.2) is 0 Å². The summed E-state index contributed by atoms with van der Waals surface area (Å²) < 4.78 is 60.6. The first kappa shape index (κ1) is 112. The van der Waals surface area contributed by atoms with Crippen LogP contribution in [-0.2, 0) is 42.0 Å². The van der Waals surface area contributed by atoms with Gasteiger partial charge < -0.3 is 79.3 Å². The number of hydrogen-bond donors (Lipinski definition) is 10. The van der Waals surface area contributed by atoms with Gasteiger partial charge in [0.05, 0.1) is 33.0 Å². The van der Waals surface area contributed by atoms with Crippen molar-refractivity contribution in [3.8, 4) is 0 Å². The topological polar surface area (TPSA) is 293 Å². The number of rotatable bonds is 9. The zero-order chi connectivity index (χ0) is 87.4. The fourth-order valence-corrected chi connectivity index (χ4v) is 19.4. The Bertz CT molecular complexity index is 2370. The van der Waals surface area contributed by atoms with E-state index in [9.17, 15) is 55.4 Å². The van der Waals surface area contributed by atoms with E-state index < -0.39 is 94.0 Å². The second kappa shape index (κ2) is 66.0. The van der Waals surface area contributed by atoms with E-state index in [0.717, 1.165) is 111 Å². The zero-order valence-electron chi connectivity index (χ0n) is 78.8. The first-order valence-electron chi connectivity index (χ1n) is 49.5. The van der Waals surface area contributed by atoms with Crippen molar-refractivity contribution in [3.05, 3.63) is 0 Å². The second-order valence-corrected chi connectivity index (χ2v) is 42.5. The summed E-state index contributed by atoms with van der Waals surface area (Å²) in [6.45, 7) is 40.3. The first-order valence-corrected chi connectivity index (χ1v) is 51.0. The molecule has 3 fully saturated rings. The summed E-state index contributed by atoms with van der Waals surface area (Å²) in [6.07, 6.45) is 35.5. The number of aliphatic hydroxyl groups excluding tert-OH is 9. The Balaban J connectivity index is 1.50. The van der Waals surface area contributed by atoms with E-state index in [-0.39, 0.29) is 19.8 Å². The lowest BCUT2D eigenvalue weighted by molar-refractivity contribution is -0.306. The number of phosphoric ester groups is 1. The highest BCUT2D eigenvalue weighted by Crippen LogP contribution is 2.47. The van der Waals surface area contributed by atoms with Crippen LogP contribution in [0.1, 0.15) is 393 Å². The van der Waals surface area contributed by atoms with Crippen LogP contribution < -0.4 is 0 Å². The van der Waals surface area contributed by atoms with Crippen molar-refractivity contribution in [1.29, 1.82) is 0 Å². The Kier molecular flexibility index (Phi) is 62.4. The molecule has 2 heterocycles. The van der Waals surface area contributed by atoms with Crippen molar-refractivity contribution in [3.63, 3.8) is 0 Å². The standard InChI is InChI=1S/C98H193O19P/c1-70-29-17-33-74(5)41-25-49-82(13)57-61-110-66-86(68-114-98-96(107)90(101)89(100)88(65-99)116-98)112-63-59-84(15)51-27-43-76(7)35-19-31-72(3)39-23-47-80(11)55-56-81(12)48-24-40-73(4)32-20-36-77(8)44-28-52-85(16)60-64-113-87(69-115-118(108,109)117-97-94(105)92(103)91(102)93(104)95(97)106)67-111-62-58-83(14)50-26-42-75(6)34-18-30-71(2)38-22-46-79(10)54-53-78(9)45-21-37-70/h70-107H,17-69H2,1-16H3,(H,108,109)/t70-,71-,72-,73-,74+,75+,76+,77+,78-,79-,80-,81-,82+,83+,84+,85+,86-,87-,88+,89+,90-,91?,92-,93+,94+,95+,96+,97?,98+/m0/s1. The summed E-state index contributed by atoms with van der Waals surface area (Å²) in [4.78, 5) is 10.8. The van der Waals surface area contributed by atoms with E-state index in [2.05, 4.69) is 111 Å². The molecule has 19 nitrogen and oxygen atoms in total. The number of phosphoric acid groups is 1. The maximum Gasteiger partial charge on any atom is 0.472 e. The van der Waals surface area contributed by atoms with E-state index in [0.29, 0.717) is 68.5 Å². The van der Waals surface area contributed by atoms with Crippen molar-refractivity contribution in [2.24, 2.45) is 94.7 Å². The van der Waals surface area contributed by atoms with Gasteiger partial charge in [0.15, 0.2) is 6.29 Å². The normalized spacial score (nSPS) is 39.8. The minimum absolute atomic E-state index is 0.0839. The van der Waals surface area contributed by atoms with Crippen LogP contribution in [0.25, 0.3) is 0 Å². The van der Waals surface area contributed by atoms with Gasteiger partial charge in [0.1, 0.15) is 73.2 Å². The number of aliphatic hydroxyl groups is 9. The Hall–Kier alpha value is -0.490. The first-order chi connectivity index (χ1) is 56.2. The molecule has 118 heavy (non-hydrogen) atoms. The van der Waals surface area contributed by atoms with Gasteiger partial charge in [-0.3, -0.25) is 9.05 Å². The Morgan fingerprint density at radius 1 is 0.280 bits per heavy atom. The summed E-state index contributed by atoms with van der Waals surface area (Å²) in [5.41, 5.74) is 0. The summed E-state index contributed by atoms with van der Waals surface area (Å²) in [5.74, 6) is 11.0. The molecule has 0 aromatic rings. The molecule has 3 rings (SSSR count). The quantitative estimate of drug-likeness (QED) is 0.0960. The summed E-state index contributed by atoms with van der Waals surface area (Å²) in [7, 11) is -4.97. The van der Waals surface area contributed by atoms with Gasteiger partial charge in [-0.15, -0.1) is 0 Å². The molecule has 2 aliphatic heterocycles. The lowest BCUT2D eigenvalue weighted by atomic mass is 9.85. The highest BCUT2D eigenvalue weighted by atomic mass is 31.2. The van der Waals surface area contributed by atoms with E-state index in [1.165, 1.54) is 231 Å². The fraction of sp³-hybridized carbons (Fsp3) is 1.00. The lowest BCUT2D eigenvalue weighted by Gasteiger charge is -2.41. The van der Waals surface area contributed by atoms with Crippen molar-refractivity contribution in [2.75, 3.05) is 59.5 Å². The Morgan fingerprint density at radius 3 is 0.763 bits per heavy atom. The van der Waals surface area contributed by atoms with Crippen LogP contribution in [0.5, 0.6) is 0 Å². The van der Waals surface area contributed by atoms with Crippen LogP contribution in [0.3, 0.4) is 0 Å². The average Bonchev–Trinajstić information content (AvgIpc) is 0.785. The van der Waals surface area contributed by atoms with Gasteiger partial charge in [-0.2, -0.15) is 0 Å². The smallest absolute Gasteiger partial charge is 0.394 e. The van der Waals surface area contributed by atoms with Crippen molar-refractivity contribution in [2.45, 2.75) is 473 Å². The molecule has 0 radical (unpaired) electrons. The average molecular weight is 1710 g/mol. The monoisotopic (exact) mass is 1710 g/mol. The molecule has 0 bridgehead atoms. The van der Waals surface area contributed by atoms with Gasteiger partial charge >= 0.3 is 7.82 Å². The van der Waals surface area contributed by atoms with E-state index in [1.54, 1.807) is 0 Å². The lowest BCUT2D eigenvalue weighted by Crippen LogP contribution is -2.64. The second-order valence-electron chi connectivity index (χ2n) is 41.1. The molecule has 10 N–H and O–H groups in total. The molecule has 1 aliphatic carbocycles. The van der Waals surface area contributed by atoms with E-state index in [4.69, 9.17) is 37.5 Å². The highest BCUT2D eigenvalue weighted by Gasteiger charge is 2.52. The SMILES string of the molecule is C[C@@H]1CCC[C@H](C)CCC[C@H](C)CC[C@@H](C)CCC[C@@H](C)CCC[C@@H](C)CCC[C@@H](C)CCOC[C@@H](COP(=O)(O)OC2[C@H](O)[C@H](O)C(O)[C@H](O)[C@H]2O)OCC[C@H](C)CCC[C@H](C)CCC[C@H](C)CCC[C@H](C)CC[C@@H](C)CCC[C@@H](C)CCC[C@@H](C)CCC[C@@H](C)CCO[C@H](CO[C@@H]2O[C@H](CO)[C@@H](O)[C@H](O)[C@H]2O)COCC[C@H](C)CCC1. The minimum atomic E-state index is -4.97. The fourth-order valence-electron chi connectivity index (χ4n) is 18.5. The summed E-state index contributed by atoms with van der Waals surface area (Å²) in [6, 6.07) is 0. The van der Waals surface area contributed by atoms with Gasteiger partial charge in [0.25, 0.3) is 0 Å². The largest absolute Gasteiger partial charge is 0.472 e. The predicted octanol–water partition coefficient (Wildman–Crippen LogP) is 21.3. The van der Waals surface area contributed by atoms with Gasteiger partial charge in [-0.25, -0.2) is 4.57 Å². The van der Waals surface area contributed by atoms with Gasteiger partial charge in [-0.05, 0) is 120 Å². The molecule has 0 aromatic heterocycles. The van der Waals surface area contributed by atoms with Crippen molar-refractivity contribution in [1.82, 2.24) is 0 Å². The van der Waals surface area contributed by atoms with Crippen LogP contribution in [0, 0.1) is 94.7 Å². The van der Waals surface area contributed by atoms with Crippen LogP contribution >= 0.6 is 7.82 Å². The molecule has 20 heteroatoms. The minimum Gasteiger partial charge on any atom is -0.394 e. The van der Waals surface area contributed by atoms with Gasteiger partial charge in [0, 0.05) is 26.4 Å². The molecule has 3 aliphatic rings. The van der Waals surface area contributed by atoms with E-state index >= 15 is 0 Å². The molecular formula is C98H193O19P. The Morgan fingerprint density at radius 2 is 0.500 bits per heavy atom. The molecule has 0 amide bonds. The molecule has 30 atom stereocenters. The summed E-state index contributed by atoms with van der Waals surface area (Å²) >= 11 is 0. The molecule has 2 saturated heterocycles. The highest BCUT2D eigenvalue weighted by molar-refractivity contribution is 7.47. The third kappa shape index (κ3) is 52.7. The van der Waals surface area contributed by atoms with Crippen LogP contribution in [-0.4, -0.2) is 190 Å². The molecule has 1 saturated carbocycles. The van der Waals surface area contributed by atoms with Crippen molar-refractivity contribution < 1.29 is 92.9 Å². The zero-order valence-corrected chi connectivity index (χ0v) is 79.7. The van der Waals surface area contributed by atoms with E-state index in [1.807, 2.05) is 0 Å². The number of ether oxygens (including phenoxy) is 6. The van der Waals surface area contributed by atoms with Crippen LogP contribution in [0.4, 0.5) is 0 Å². The molecule has 704 valence electrons. The third-order valence-corrected chi connectivity index (χ3v) is 29.1. The van der Waals surface area contributed by atoms with Crippen LogP contribution in [0.2, 0.25) is 0 Å².